The van der Waals surface area contributed by atoms with Gasteiger partial charge in [-0.3, -0.25) is 4.79 Å². The number of aromatic nitrogens is 1. The number of fused-ring (bicyclic) bond motifs is 2. The molecule has 146 valence electrons. The van der Waals surface area contributed by atoms with Gasteiger partial charge >= 0.3 is 0 Å². The quantitative estimate of drug-likeness (QED) is 0.464. The molecule has 3 heterocycles. The highest BCUT2D eigenvalue weighted by Crippen LogP contribution is 2.54. The van der Waals surface area contributed by atoms with E-state index in [1.807, 2.05) is 23.9 Å². The lowest BCUT2D eigenvalue weighted by molar-refractivity contribution is -0.118. The summed E-state index contributed by atoms with van der Waals surface area (Å²) in [5.41, 5.74) is 1.01. The molecule has 1 amide bonds. The van der Waals surface area contributed by atoms with Crippen LogP contribution < -0.4 is 10.6 Å². The number of amides is 1. The Kier molecular flexibility index (Phi) is 6.18. The Morgan fingerprint density at radius 1 is 1.26 bits per heavy atom. The van der Waals surface area contributed by atoms with Crippen molar-refractivity contribution in [2.75, 3.05) is 36.6 Å². The zero-order chi connectivity index (χ0) is 18.7. The molecule has 1 saturated heterocycles. The molecule has 4 rings (SSSR count). The molecule has 1 saturated carbocycles. The molecule has 8 heteroatoms. The third-order valence-corrected chi connectivity index (χ3v) is 6.64. The van der Waals surface area contributed by atoms with Gasteiger partial charge in [0.2, 0.25) is 5.91 Å². The maximum Gasteiger partial charge on any atom is 0.242 e. The van der Waals surface area contributed by atoms with Gasteiger partial charge in [0.15, 0.2) is 0 Å². The van der Waals surface area contributed by atoms with Crippen molar-refractivity contribution in [3.8, 4) is 0 Å². The van der Waals surface area contributed by atoms with E-state index in [1.54, 1.807) is 0 Å². The number of rotatable bonds is 0. The first-order chi connectivity index (χ1) is 13.2. The fourth-order valence-corrected chi connectivity index (χ4v) is 4.70. The van der Waals surface area contributed by atoms with Crippen LogP contribution in [0.3, 0.4) is 0 Å². The van der Waals surface area contributed by atoms with E-state index in [0.717, 1.165) is 29.9 Å². The summed E-state index contributed by atoms with van der Waals surface area (Å²) in [6.07, 6.45) is 6.13. The third kappa shape index (κ3) is 4.74. The Hall–Kier alpha value is -0.930. The van der Waals surface area contributed by atoms with Crippen molar-refractivity contribution >= 4 is 39.4 Å². The number of piperidine rings is 1. The second-order valence-electron chi connectivity index (χ2n) is 7.29. The summed E-state index contributed by atoms with van der Waals surface area (Å²) in [4.78, 5) is 17.2. The molecule has 1 aromatic rings. The van der Waals surface area contributed by atoms with Crippen LogP contribution in [0.15, 0.2) is 28.9 Å². The van der Waals surface area contributed by atoms with Crippen molar-refractivity contribution in [3.63, 3.8) is 0 Å². The largest absolute Gasteiger partial charge is 0.377 e. The lowest BCUT2D eigenvalue weighted by Gasteiger charge is -2.17. The number of thioether (sulfide) groups is 1. The van der Waals surface area contributed by atoms with Gasteiger partial charge in [-0.1, -0.05) is 18.2 Å². The molecule has 3 aliphatic rings. The standard InChI is InChI=1S/C19H24BrN3O3S/c20-16-4-3-13-11-25-6-8-27-7-2-1-5-26-12-19-9-14(21-15(19)10-19)18(24)23-17(13)22-16/h1-4,14-15,21H,5-12H2,(H,22,23,24)/b2-1+/t14-,15?,19-/m0/s1. The van der Waals surface area contributed by atoms with Crippen LogP contribution in [0.5, 0.6) is 0 Å². The fourth-order valence-electron chi connectivity index (χ4n) is 3.71. The smallest absolute Gasteiger partial charge is 0.242 e. The number of carbonyl (C=O) groups is 1. The van der Waals surface area contributed by atoms with Gasteiger partial charge in [-0.2, -0.15) is 11.8 Å². The summed E-state index contributed by atoms with van der Waals surface area (Å²) in [6.45, 7) is 2.44. The van der Waals surface area contributed by atoms with Crippen LogP contribution in [0.1, 0.15) is 18.4 Å². The Bertz CT molecular complexity index is 732. The monoisotopic (exact) mass is 453 g/mol. The molecule has 1 aliphatic carbocycles. The second kappa shape index (κ2) is 8.61. The highest BCUT2D eigenvalue weighted by molar-refractivity contribution is 9.10. The molecule has 1 unspecified atom stereocenters. The van der Waals surface area contributed by atoms with Crippen LogP contribution in [-0.2, 0) is 20.9 Å². The topological polar surface area (TPSA) is 72.5 Å². The van der Waals surface area contributed by atoms with Crippen molar-refractivity contribution in [3.05, 3.63) is 34.5 Å². The van der Waals surface area contributed by atoms with E-state index < -0.39 is 0 Å². The second-order valence-corrected chi connectivity index (χ2v) is 9.25. The summed E-state index contributed by atoms with van der Waals surface area (Å²) in [6, 6.07) is 3.99. The molecule has 27 heavy (non-hydrogen) atoms. The molecule has 1 spiro atoms. The third-order valence-electron chi connectivity index (χ3n) is 5.32. The van der Waals surface area contributed by atoms with Crippen molar-refractivity contribution in [2.24, 2.45) is 5.41 Å². The number of halogens is 1. The van der Waals surface area contributed by atoms with Crippen LogP contribution in [0.4, 0.5) is 5.82 Å². The first-order valence-electron chi connectivity index (χ1n) is 9.27. The van der Waals surface area contributed by atoms with Crippen LogP contribution in [0, 0.1) is 5.41 Å². The van der Waals surface area contributed by atoms with Crippen molar-refractivity contribution in [1.29, 1.82) is 0 Å². The summed E-state index contributed by atoms with van der Waals surface area (Å²) in [5, 5.41) is 6.44. The van der Waals surface area contributed by atoms with Gasteiger partial charge in [0.1, 0.15) is 10.4 Å². The first kappa shape index (κ1) is 19.4. The number of pyridine rings is 1. The first-order valence-corrected chi connectivity index (χ1v) is 11.2. The van der Waals surface area contributed by atoms with Crippen LogP contribution in [0.2, 0.25) is 0 Å². The Labute approximate surface area is 172 Å². The molecule has 2 bridgehead atoms. The average Bonchev–Trinajstić information content (AvgIpc) is 3.20. The van der Waals surface area contributed by atoms with E-state index in [-0.39, 0.29) is 17.4 Å². The number of anilines is 1. The number of nitrogens with one attached hydrogen (secondary N) is 2. The van der Waals surface area contributed by atoms with Crippen molar-refractivity contribution in [2.45, 2.75) is 31.5 Å². The van der Waals surface area contributed by atoms with Gasteiger partial charge in [0, 0.05) is 28.5 Å². The number of ether oxygens (including phenoxy) is 2. The minimum Gasteiger partial charge on any atom is -0.377 e. The van der Waals surface area contributed by atoms with E-state index in [0.29, 0.717) is 42.9 Å². The van der Waals surface area contributed by atoms with Crippen LogP contribution in [-0.4, -0.2) is 54.3 Å². The van der Waals surface area contributed by atoms with Crippen molar-refractivity contribution < 1.29 is 14.3 Å². The number of nitrogens with zero attached hydrogens (tertiary/aromatic N) is 1. The lowest BCUT2D eigenvalue weighted by Crippen LogP contribution is -2.38. The molecule has 2 N–H and O–H groups in total. The molecule has 2 aliphatic heterocycles. The molecule has 0 aromatic carbocycles. The summed E-state index contributed by atoms with van der Waals surface area (Å²) in [5.74, 6) is 2.42. The highest BCUT2D eigenvalue weighted by Gasteiger charge is 2.61. The number of hydrogen-bond donors (Lipinski definition) is 2. The summed E-state index contributed by atoms with van der Waals surface area (Å²) < 4.78 is 12.3. The Morgan fingerprint density at radius 2 is 2.19 bits per heavy atom. The molecular formula is C19H24BrN3O3S. The zero-order valence-electron chi connectivity index (χ0n) is 15.1. The molecule has 1 aromatic heterocycles. The predicted molar refractivity (Wildman–Crippen MR) is 110 cm³/mol. The van der Waals surface area contributed by atoms with E-state index >= 15 is 0 Å². The lowest BCUT2D eigenvalue weighted by atomic mass is 10.0. The molecular weight excluding hydrogens is 430 g/mol. The predicted octanol–water partition coefficient (Wildman–Crippen LogP) is 2.74. The van der Waals surface area contributed by atoms with E-state index in [9.17, 15) is 4.79 Å². The SMILES string of the molecule is O=C1Nc2nc(Br)ccc2COCCSC/C=C/COC[C@]23CC2N[C@H]1C3. The molecule has 3 atom stereocenters. The minimum absolute atomic E-state index is 0.0370. The maximum absolute atomic E-state index is 12.8. The molecule has 6 nitrogen and oxygen atoms in total. The Balaban J connectivity index is 1.47. The molecule has 0 radical (unpaired) electrons. The number of carbonyl (C=O) groups excluding carboxylic acids is 1. The van der Waals surface area contributed by atoms with Crippen LogP contribution in [0.25, 0.3) is 0 Å². The zero-order valence-corrected chi connectivity index (χ0v) is 17.5. The Morgan fingerprint density at radius 3 is 3.11 bits per heavy atom. The minimum atomic E-state index is -0.201. The van der Waals surface area contributed by atoms with Crippen molar-refractivity contribution in [1.82, 2.24) is 10.3 Å². The van der Waals surface area contributed by atoms with Gasteiger partial charge in [0.25, 0.3) is 0 Å². The van der Waals surface area contributed by atoms with E-state index in [1.165, 1.54) is 0 Å². The highest BCUT2D eigenvalue weighted by atomic mass is 79.9. The normalized spacial score (nSPS) is 33.1. The van der Waals surface area contributed by atoms with Gasteiger partial charge in [-0.25, -0.2) is 4.98 Å². The summed E-state index contributed by atoms with van der Waals surface area (Å²) in [7, 11) is 0. The number of hydrogen-bond acceptors (Lipinski definition) is 6. The average molecular weight is 454 g/mol. The maximum atomic E-state index is 12.8. The van der Waals surface area contributed by atoms with E-state index in [2.05, 4.69) is 43.7 Å². The van der Waals surface area contributed by atoms with Gasteiger partial charge in [-0.05, 0) is 34.8 Å². The van der Waals surface area contributed by atoms with Gasteiger partial charge in [-0.15, -0.1) is 0 Å². The molecule has 2 fully saturated rings. The fraction of sp³-hybridized carbons (Fsp3) is 0.579. The van der Waals surface area contributed by atoms with Gasteiger partial charge in [0.05, 0.1) is 32.5 Å². The van der Waals surface area contributed by atoms with E-state index in [4.69, 9.17) is 9.47 Å². The summed E-state index contributed by atoms with van der Waals surface area (Å²) >= 11 is 5.22. The van der Waals surface area contributed by atoms with Crippen LogP contribution >= 0.6 is 27.7 Å². The van der Waals surface area contributed by atoms with Gasteiger partial charge < -0.3 is 20.1 Å².